The van der Waals surface area contributed by atoms with Crippen molar-refractivity contribution in [3.8, 4) is 5.75 Å². The zero-order valence-electron chi connectivity index (χ0n) is 17.1. The largest absolute Gasteiger partial charge is 0.508 e. The third-order valence-corrected chi connectivity index (χ3v) is 5.74. The smallest absolute Gasteiger partial charge is 0.338 e. The van der Waals surface area contributed by atoms with Gasteiger partial charge in [-0.15, -0.1) is 0 Å². The summed E-state index contributed by atoms with van der Waals surface area (Å²) >= 11 is 0. The van der Waals surface area contributed by atoms with E-state index in [0.717, 1.165) is 0 Å². The van der Waals surface area contributed by atoms with Gasteiger partial charge in [-0.25, -0.2) is 4.79 Å². The average Bonchev–Trinajstić information content (AvgIpc) is 2.60. The molecule has 6 nitrogen and oxygen atoms in total. The van der Waals surface area contributed by atoms with Crippen molar-refractivity contribution in [3.05, 3.63) is 41.5 Å². The maximum absolute atomic E-state index is 12.5. The van der Waals surface area contributed by atoms with E-state index in [1.54, 1.807) is 19.9 Å². The Morgan fingerprint density at radius 3 is 2.32 bits per heavy atom. The molecule has 0 heterocycles. The fourth-order valence-corrected chi connectivity index (χ4v) is 3.38. The Morgan fingerprint density at radius 1 is 1.11 bits per heavy atom. The number of phenolic OH excluding ortho intramolecular Hbond substituents is 1. The lowest BCUT2D eigenvalue weighted by Gasteiger charge is -2.32. The molecule has 1 aromatic rings. The SMILES string of the molecule is C/C1=C\[C@@H](O)C(C)(C)CCC[C@@](C)(O)[C@H](O)C[C@@H]1OC(=O)c1ccc(O)cc1. The molecule has 0 unspecified atom stereocenters. The van der Waals surface area contributed by atoms with Gasteiger partial charge in [-0.05, 0) is 68.4 Å². The summed E-state index contributed by atoms with van der Waals surface area (Å²) in [7, 11) is 0. The number of benzene rings is 1. The summed E-state index contributed by atoms with van der Waals surface area (Å²) in [5.41, 5.74) is -0.862. The molecule has 4 atom stereocenters. The van der Waals surface area contributed by atoms with Gasteiger partial charge in [0.05, 0.1) is 23.4 Å². The summed E-state index contributed by atoms with van der Waals surface area (Å²) in [6.45, 7) is 7.22. The van der Waals surface area contributed by atoms with Crippen LogP contribution in [-0.2, 0) is 4.74 Å². The van der Waals surface area contributed by atoms with Crippen LogP contribution in [0.2, 0.25) is 0 Å². The van der Waals surface area contributed by atoms with Crippen LogP contribution in [0.25, 0.3) is 0 Å². The van der Waals surface area contributed by atoms with Gasteiger partial charge in [-0.2, -0.15) is 0 Å². The number of aliphatic hydroxyl groups is 3. The number of esters is 1. The van der Waals surface area contributed by atoms with E-state index in [9.17, 15) is 25.2 Å². The Kier molecular flexibility index (Phi) is 6.91. The van der Waals surface area contributed by atoms with Gasteiger partial charge in [0.2, 0.25) is 0 Å². The zero-order chi connectivity index (χ0) is 21.1. The summed E-state index contributed by atoms with van der Waals surface area (Å²) in [5, 5.41) is 41.3. The molecule has 1 aliphatic rings. The van der Waals surface area contributed by atoms with Crippen LogP contribution in [0.5, 0.6) is 5.75 Å². The van der Waals surface area contributed by atoms with E-state index in [-0.39, 0.29) is 17.7 Å². The molecule has 0 aromatic heterocycles. The minimum absolute atomic E-state index is 0.0201. The Balaban J connectivity index is 2.31. The normalized spacial score (nSPS) is 33.2. The van der Waals surface area contributed by atoms with E-state index in [1.165, 1.54) is 24.3 Å². The predicted octanol–water partition coefficient (Wildman–Crippen LogP) is 2.94. The van der Waals surface area contributed by atoms with Gasteiger partial charge in [0.25, 0.3) is 0 Å². The Hall–Kier alpha value is -1.89. The number of carbonyl (C=O) groups is 1. The van der Waals surface area contributed by atoms with E-state index in [0.29, 0.717) is 24.8 Å². The molecule has 2 rings (SSSR count). The quantitative estimate of drug-likeness (QED) is 0.455. The third kappa shape index (κ3) is 5.56. The van der Waals surface area contributed by atoms with Crippen LogP contribution < -0.4 is 0 Å². The van der Waals surface area contributed by atoms with Crippen molar-refractivity contribution in [1.29, 1.82) is 0 Å². The maximum Gasteiger partial charge on any atom is 0.338 e. The van der Waals surface area contributed by atoms with Crippen molar-refractivity contribution in [2.24, 2.45) is 5.41 Å². The van der Waals surface area contributed by atoms with E-state index in [1.807, 2.05) is 13.8 Å². The first-order valence-electron chi connectivity index (χ1n) is 9.69. The molecule has 0 fully saturated rings. The van der Waals surface area contributed by atoms with Gasteiger partial charge in [0, 0.05) is 6.42 Å². The van der Waals surface area contributed by atoms with Crippen LogP contribution >= 0.6 is 0 Å². The minimum atomic E-state index is -1.32. The zero-order valence-corrected chi connectivity index (χ0v) is 17.1. The lowest BCUT2D eigenvalue weighted by Crippen LogP contribution is -2.42. The molecule has 0 bridgehead atoms. The molecule has 0 saturated heterocycles. The standard InChI is InChI=1S/C22H32O6/c1-14-12-18(24)21(2,3)10-5-11-22(4,27)19(25)13-17(14)28-20(26)15-6-8-16(23)9-7-15/h6-9,12,17-19,23-25,27H,5,10-11,13H2,1-4H3/b14-12+/t17-,18+,19+,22+/m0/s1. The van der Waals surface area contributed by atoms with Crippen LogP contribution in [-0.4, -0.2) is 50.3 Å². The molecular formula is C22H32O6. The number of hydrogen-bond acceptors (Lipinski definition) is 6. The van der Waals surface area contributed by atoms with Crippen LogP contribution in [0.15, 0.2) is 35.9 Å². The predicted molar refractivity (Wildman–Crippen MR) is 106 cm³/mol. The summed E-state index contributed by atoms with van der Waals surface area (Å²) < 4.78 is 5.61. The molecule has 1 aliphatic carbocycles. The molecule has 0 aliphatic heterocycles. The summed E-state index contributed by atoms with van der Waals surface area (Å²) in [4.78, 5) is 12.5. The van der Waals surface area contributed by atoms with Gasteiger partial charge in [-0.1, -0.05) is 19.9 Å². The molecule has 1 aromatic carbocycles. The average molecular weight is 392 g/mol. The molecule has 0 amide bonds. The monoisotopic (exact) mass is 392 g/mol. The first kappa shape index (κ1) is 22.4. The number of aromatic hydroxyl groups is 1. The molecular weight excluding hydrogens is 360 g/mol. The van der Waals surface area contributed by atoms with Crippen molar-refractivity contribution in [2.75, 3.05) is 0 Å². The fourth-order valence-electron chi connectivity index (χ4n) is 3.38. The highest BCUT2D eigenvalue weighted by atomic mass is 16.5. The molecule has 28 heavy (non-hydrogen) atoms. The van der Waals surface area contributed by atoms with Crippen LogP contribution in [0.3, 0.4) is 0 Å². The van der Waals surface area contributed by atoms with E-state index >= 15 is 0 Å². The number of carbonyl (C=O) groups excluding carboxylic acids is 1. The van der Waals surface area contributed by atoms with Crippen LogP contribution in [0.4, 0.5) is 0 Å². The summed E-state index contributed by atoms with van der Waals surface area (Å²) in [6, 6.07) is 5.68. The Bertz CT molecular complexity index is 704. The first-order chi connectivity index (χ1) is 12.9. The van der Waals surface area contributed by atoms with Gasteiger partial charge in [0.1, 0.15) is 11.9 Å². The number of ether oxygens (including phenoxy) is 1. The molecule has 4 N–H and O–H groups in total. The van der Waals surface area contributed by atoms with Gasteiger partial charge in [-0.3, -0.25) is 0 Å². The number of aliphatic hydroxyl groups excluding tert-OH is 2. The summed E-state index contributed by atoms with van der Waals surface area (Å²) in [6.07, 6.45) is 0.758. The fraction of sp³-hybridized carbons (Fsp3) is 0.591. The van der Waals surface area contributed by atoms with Crippen molar-refractivity contribution in [3.63, 3.8) is 0 Å². The second-order valence-electron chi connectivity index (χ2n) is 8.75. The molecule has 0 radical (unpaired) electrons. The molecule has 0 spiro atoms. The van der Waals surface area contributed by atoms with E-state index in [2.05, 4.69) is 0 Å². The van der Waals surface area contributed by atoms with Crippen molar-refractivity contribution < 1.29 is 30.0 Å². The van der Waals surface area contributed by atoms with Crippen molar-refractivity contribution >= 4 is 5.97 Å². The van der Waals surface area contributed by atoms with Crippen LogP contribution in [0, 0.1) is 5.41 Å². The minimum Gasteiger partial charge on any atom is -0.508 e. The summed E-state index contributed by atoms with van der Waals surface area (Å²) in [5.74, 6) is -0.562. The Labute approximate surface area is 166 Å². The molecule has 6 heteroatoms. The van der Waals surface area contributed by atoms with Gasteiger partial charge >= 0.3 is 5.97 Å². The van der Waals surface area contributed by atoms with E-state index < -0.39 is 35.3 Å². The number of phenols is 1. The highest BCUT2D eigenvalue weighted by Crippen LogP contribution is 2.34. The Morgan fingerprint density at radius 2 is 1.71 bits per heavy atom. The van der Waals surface area contributed by atoms with E-state index in [4.69, 9.17) is 4.74 Å². The highest BCUT2D eigenvalue weighted by Gasteiger charge is 2.36. The maximum atomic E-state index is 12.5. The van der Waals surface area contributed by atoms with Crippen molar-refractivity contribution in [2.45, 2.75) is 77.3 Å². The third-order valence-electron chi connectivity index (χ3n) is 5.74. The second-order valence-corrected chi connectivity index (χ2v) is 8.75. The highest BCUT2D eigenvalue weighted by molar-refractivity contribution is 5.89. The van der Waals surface area contributed by atoms with Gasteiger partial charge in [0.15, 0.2) is 0 Å². The molecule has 0 saturated carbocycles. The number of rotatable bonds is 2. The molecule has 156 valence electrons. The topological polar surface area (TPSA) is 107 Å². The van der Waals surface area contributed by atoms with Crippen molar-refractivity contribution in [1.82, 2.24) is 0 Å². The van der Waals surface area contributed by atoms with Crippen LogP contribution in [0.1, 0.15) is 63.7 Å². The van der Waals surface area contributed by atoms with Gasteiger partial charge < -0.3 is 25.2 Å². The lowest BCUT2D eigenvalue weighted by atomic mass is 9.79. The second kappa shape index (κ2) is 8.64. The number of hydrogen-bond donors (Lipinski definition) is 4. The first-order valence-corrected chi connectivity index (χ1v) is 9.69. The lowest BCUT2D eigenvalue weighted by molar-refractivity contribution is -0.0847.